The van der Waals surface area contributed by atoms with E-state index < -0.39 is 59.7 Å². The van der Waals surface area contributed by atoms with E-state index in [2.05, 4.69) is 5.32 Å². The molecule has 0 aromatic carbocycles. The van der Waals surface area contributed by atoms with E-state index in [1.807, 2.05) is 0 Å². The molecule has 0 aliphatic heterocycles. The molecule has 0 atom stereocenters. The third-order valence-corrected chi connectivity index (χ3v) is 0.642. The van der Waals surface area contributed by atoms with Gasteiger partial charge in [-0.05, 0) is 6.92 Å². The Morgan fingerprint density at radius 2 is 0.458 bits per heavy atom. The molecule has 14 N–H and O–H groups in total. The molecule has 0 aromatic heterocycles. The van der Waals surface area contributed by atoms with E-state index in [0.29, 0.717) is 13.1 Å². The Balaban J connectivity index is -0.0000000298. The van der Waals surface area contributed by atoms with Crippen molar-refractivity contribution >= 4 is 59.7 Å². The predicted octanol–water partition coefficient (Wildman–Crippen LogP) is -4.93. The summed E-state index contributed by atoms with van der Waals surface area (Å²) in [4.78, 5) is 89.9. The second kappa shape index (κ2) is 78.7. The average molecular weight is 726 g/mol. The molecule has 0 spiro atoms. The van der Waals surface area contributed by atoms with Gasteiger partial charge in [0.25, 0.3) is 53.7 Å². The Labute approximate surface area is 299 Å². The number of carbonyl (C=O) groups excluding carboxylic acids is 1. The molecular weight excluding hydrogens is 673 g/mol. The summed E-state index contributed by atoms with van der Waals surface area (Å²) < 4.78 is 0. The molecule has 0 radical (unpaired) electrons. The van der Waals surface area contributed by atoms with Crippen LogP contribution in [-0.4, -0.2) is 132 Å². The van der Waals surface area contributed by atoms with Gasteiger partial charge in [-0.1, -0.05) is 0 Å². The number of carbonyl (C=O) groups is 10. The molecule has 23 nitrogen and oxygen atoms in total. The van der Waals surface area contributed by atoms with Crippen LogP contribution < -0.4 is 51.4 Å². The SMILES string of the molecule is CC(=O)O.CC(=O)O.CC(=O)O.CC(=O)O.CC(=O)O.CC(=O)O.CC(=O)O.CC(=O)O.CC(=O)O.CC(=O)[O-].NCCNCCN.[Na+]. The Bertz CT molecular complexity index is 566. The summed E-state index contributed by atoms with van der Waals surface area (Å²) in [5.74, 6) is -8.58. The molecule has 0 aromatic rings. The molecular formula is C24H52N3NaO20. The fourth-order valence-corrected chi connectivity index (χ4v) is 0.329. The molecule has 0 unspecified atom stereocenters. The van der Waals surface area contributed by atoms with E-state index in [9.17, 15) is 0 Å². The van der Waals surface area contributed by atoms with Gasteiger partial charge in [0, 0.05) is 94.5 Å². The van der Waals surface area contributed by atoms with E-state index in [-0.39, 0.29) is 29.6 Å². The molecule has 0 aliphatic rings. The van der Waals surface area contributed by atoms with Crippen molar-refractivity contribution in [2.75, 3.05) is 26.2 Å². The first kappa shape index (κ1) is 79.2. The van der Waals surface area contributed by atoms with Gasteiger partial charge in [-0.25, -0.2) is 0 Å². The minimum atomic E-state index is -1.08. The summed E-state index contributed by atoms with van der Waals surface area (Å²) in [7, 11) is 0. The van der Waals surface area contributed by atoms with Crippen LogP contribution in [0.5, 0.6) is 0 Å². The summed E-state index contributed by atoms with van der Waals surface area (Å²) in [6.07, 6.45) is 0. The molecule has 0 fully saturated rings. The maximum Gasteiger partial charge on any atom is 1.00 e. The van der Waals surface area contributed by atoms with Crippen LogP contribution >= 0.6 is 0 Å². The van der Waals surface area contributed by atoms with Crippen molar-refractivity contribution in [3.05, 3.63) is 0 Å². The standard InChI is InChI=1S/C4H13N3.10C2H4O2.Na/c5-1-3-7-4-2-6;10*1-2(3)4;/h7H,1-6H2;10*1H3,(H,3,4);/q;;;;;;;;;;;+1/p-1. The molecule has 0 rings (SSSR count). The quantitative estimate of drug-likeness (QED) is 0.0953. The first-order valence-electron chi connectivity index (χ1n) is 11.8. The number of rotatable bonds is 4. The van der Waals surface area contributed by atoms with Crippen LogP contribution in [0.3, 0.4) is 0 Å². The maximum atomic E-state index is 9.00. The Hall–Kier alpha value is -4.42. The van der Waals surface area contributed by atoms with Gasteiger partial charge >= 0.3 is 29.6 Å². The smallest absolute Gasteiger partial charge is 0.550 e. The number of hydrogen-bond acceptors (Lipinski definition) is 14. The minimum absolute atomic E-state index is 0. The van der Waals surface area contributed by atoms with Gasteiger partial charge in [0.1, 0.15) is 0 Å². The second-order valence-electron chi connectivity index (χ2n) is 6.49. The van der Waals surface area contributed by atoms with Gasteiger partial charge < -0.3 is 72.6 Å². The van der Waals surface area contributed by atoms with Crippen LogP contribution in [0.1, 0.15) is 69.2 Å². The van der Waals surface area contributed by atoms with Crippen molar-refractivity contribution in [1.82, 2.24) is 5.32 Å². The van der Waals surface area contributed by atoms with Crippen molar-refractivity contribution in [2.45, 2.75) is 69.2 Å². The van der Waals surface area contributed by atoms with Crippen LogP contribution in [0.2, 0.25) is 0 Å². The summed E-state index contributed by atoms with van der Waals surface area (Å²) in [5.41, 5.74) is 10.3. The Morgan fingerprint density at radius 3 is 0.500 bits per heavy atom. The zero-order valence-corrected chi connectivity index (χ0v) is 31.0. The van der Waals surface area contributed by atoms with Gasteiger partial charge in [0.2, 0.25) is 0 Å². The first-order chi connectivity index (χ1) is 20.7. The minimum Gasteiger partial charge on any atom is -0.550 e. The molecule has 0 aliphatic carbocycles. The topological polar surface area (TPSA) is 440 Å². The van der Waals surface area contributed by atoms with E-state index in [1.54, 1.807) is 0 Å². The van der Waals surface area contributed by atoms with Crippen LogP contribution in [0, 0.1) is 0 Å². The van der Waals surface area contributed by atoms with Crippen LogP contribution in [-0.2, 0) is 47.9 Å². The normalized spacial score (nSPS) is 6.58. The van der Waals surface area contributed by atoms with Crippen LogP contribution in [0.4, 0.5) is 0 Å². The van der Waals surface area contributed by atoms with Crippen molar-refractivity contribution in [3.63, 3.8) is 0 Å². The van der Waals surface area contributed by atoms with Crippen molar-refractivity contribution in [3.8, 4) is 0 Å². The number of nitrogens with two attached hydrogens (primary N) is 2. The molecule has 284 valence electrons. The molecule has 48 heavy (non-hydrogen) atoms. The van der Waals surface area contributed by atoms with E-state index in [4.69, 9.17) is 110 Å². The Kier molecular flexibility index (Phi) is 130. The average Bonchev–Trinajstić information content (AvgIpc) is 2.70. The van der Waals surface area contributed by atoms with Crippen molar-refractivity contribution in [1.29, 1.82) is 0 Å². The zero-order chi connectivity index (χ0) is 41.3. The third kappa shape index (κ3) is 388000. The third-order valence-electron chi connectivity index (χ3n) is 0.642. The molecule has 0 bridgehead atoms. The number of carboxylic acids is 10. The summed E-state index contributed by atoms with van der Waals surface area (Å²) in [6, 6.07) is 0. The number of nitrogens with one attached hydrogen (secondary N) is 1. The second-order valence-corrected chi connectivity index (χ2v) is 6.49. The predicted molar refractivity (Wildman–Crippen MR) is 161 cm³/mol. The van der Waals surface area contributed by atoms with Crippen LogP contribution in [0.25, 0.3) is 0 Å². The van der Waals surface area contributed by atoms with Gasteiger partial charge in [0.05, 0.1) is 0 Å². The number of aliphatic carboxylic acids is 10. The van der Waals surface area contributed by atoms with Gasteiger partial charge in [-0.15, -0.1) is 0 Å². The number of hydrogen-bond donors (Lipinski definition) is 12. The maximum absolute atomic E-state index is 9.00. The van der Waals surface area contributed by atoms with Crippen molar-refractivity contribution in [2.24, 2.45) is 11.5 Å². The first-order valence-corrected chi connectivity index (χ1v) is 11.8. The molecule has 0 saturated heterocycles. The molecule has 24 heteroatoms. The summed E-state index contributed by atoms with van der Waals surface area (Å²) >= 11 is 0. The summed E-state index contributed by atoms with van der Waals surface area (Å²) in [5, 5.41) is 78.7. The monoisotopic (exact) mass is 725 g/mol. The van der Waals surface area contributed by atoms with E-state index in [1.165, 1.54) is 0 Å². The zero-order valence-electron chi connectivity index (χ0n) is 29.0. The van der Waals surface area contributed by atoms with Gasteiger partial charge in [0.15, 0.2) is 0 Å². The van der Waals surface area contributed by atoms with Crippen LogP contribution in [0.15, 0.2) is 0 Å². The fraction of sp³-hybridized carbons (Fsp3) is 0.583. The summed E-state index contributed by atoms with van der Waals surface area (Å²) in [6.45, 7) is 13.9. The van der Waals surface area contributed by atoms with Gasteiger partial charge in [-0.2, -0.15) is 0 Å². The number of carboxylic acid groups (broad SMARTS) is 10. The van der Waals surface area contributed by atoms with Crippen molar-refractivity contribution < 1.29 is 129 Å². The van der Waals surface area contributed by atoms with E-state index >= 15 is 0 Å². The largest absolute Gasteiger partial charge is 1.00 e. The van der Waals surface area contributed by atoms with Gasteiger partial charge in [-0.3, -0.25) is 43.2 Å². The Morgan fingerprint density at radius 1 is 0.396 bits per heavy atom. The molecule has 0 amide bonds. The molecule has 0 saturated carbocycles. The fourth-order valence-electron chi connectivity index (χ4n) is 0.329. The molecule has 0 heterocycles. The van der Waals surface area contributed by atoms with E-state index in [0.717, 1.165) is 82.3 Å².